The number of esters is 1. The predicted molar refractivity (Wildman–Crippen MR) is 114 cm³/mol. The number of urea groups is 1. The van der Waals surface area contributed by atoms with Crippen LogP contribution in [0.3, 0.4) is 0 Å². The standard InChI is InChI=1S/C21H25ClN4O3/c1-3-29-20(27)16-6-8-19(23-14-16)25-9-4-10-26(12-11-25)21(28)24-18-13-17(22)7-5-15(18)2/h5-8,13-14H,3-4,9-12H2,1-2H3,(H,24,28). The van der Waals surface area contributed by atoms with Crippen LogP contribution in [-0.2, 0) is 4.74 Å². The second kappa shape index (κ2) is 9.60. The fourth-order valence-electron chi connectivity index (χ4n) is 3.18. The summed E-state index contributed by atoms with van der Waals surface area (Å²) < 4.78 is 4.99. The molecule has 1 saturated heterocycles. The van der Waals surface area contributed by atoms with Crippen LogP contribution >= 0.6 is 11.6 Å². The molecule has 1 aliphatic rings. The van der Waals surface area contributed by atoms with Gasteiger partial charge in [0.2, 0.25) is 0 Å². The molecule has 0 aliphatic carbocycles. The van der Waals surface area contributed by atoms with Crippen LogP contribution in [0.2, 0.25) is 5.02 Å². The summed E-state index contributed by atoms with van der Waals surface area (Å²) >= 11 is 6.04. The second-order valence-corrected chi connectivity index (χ2v) is 7.28. The van der Waals surface area contributed by atoms with Gasteiger partial charge in [-0.1, -0.05) is 17.7 Å². The molecule has 2 heterocycles. The Balaban J connectivity index is 1.60. The smallest absolute Gasteiger partial charge is 0.339 e. The quantitative estimate of drug-likeness (QED) is 0.763. The molecule has 1 aliphatic heterocycles. The number of amides is 2. The van der Waals surface area contributed by atoms with Crippen LogP contribution in [0.1, 0.15) is 29.3 Å². The zero-order chi connectivity index (χ0) is 20.8. The lowest BCUT2D eigenvalue weighted by molar-refractivity contribution is 0.0526. The molecule has 1 N–H and O–H groups in total. The molecule has 0 radical (unpaired) electrons. The van der Waals surface area contributed by atoms with Gasteiger partial charge in [0.05, 0.1) is 12.2 Å². The van der Waals surface area contributed by atoms with Crippen molar-refractivity contribution in [2.24, 2.45) is 0 Å². The van der Waals surface area contributed by atoms with E-state index in [1.165, 1.54) is 6.20 Å². The van der Waals surface area contributed by atoms with E-state index >= 15 is 0 Å². The van der Waals surface area contributed by atoms with E-state index in [9.17, 15) is 9.59 Å². The summed E-state index contributed by atoms with van der Waals surface area (Å²) in [6, 6.07) is 8.84. The number of halogens is 1. The Morgan fingerprint density at radius 3 is 2.72 bits per heavy atom. The van der Waals surface area contributed by atoms with E-state index in [1.54, 1.807) is 30.0 Å². The number of benzene rings is 1. The highest BCUT2D eigenvalue weighted by Gasteiger charge is 2.21. The number of carbonyl (C=O) groups is 2. The number of anilines is 2. The molecule has 0 atom stereocenters. The van der Waals surface area contributed by atoms with Crippen LogP contribution < -0.4 is 10.2 Å². The van der Waals surface area contributed by atoms with Crippen LogP contribution in [0, 0.1) is 6.92 Å². The Bertz CT molecular complexity index is 873. The first-order valence-electron chi connectivity index (χ1n) is 9.68. The number of rotatable bonds is 4. The fourth-order valence-corrected chi connectivity index (χ4v) is 3.35. The van der Waals surface area contributed by atoms with Crippen molar-refractivity contribution in [3.63, 3.8) is 0 Å². The molecule has 0 spiro atoms. The van der Waals surface area contributed by atoms with Gasteiger partial charge in [0.1, 0.15) is 5.82 Å². The Hall–Kier alpha value is -2.80. The highest BCUT2D eigenvalue weighted by Crippen LogP contribution is 2.21. The van der Waals surface area contributed by atoms with Gasteiger partial charge in [-0.25, -0.2) is 14.6 Å². The zero-order valence-electron chi connectivity index (χ0n) is 16.7. The van der Waals surface area contributed by atoms with E-state index in [2.05, 4.69) is 15.2 Å². The van der Waals surface area contributed by atoms with Crippen LogP contribution in [0.5, 0.6) is 0 Å². The average Bonchev–Trinajstić information content (AvgIpc) is 2.97. The Morgan fingerprint density at radius 1 is 1.17 bits per heavy atom. The van der Waals surface area contributed by atoms with Crippen molar-refractivity contribution in [1.82, 2.24) is 9.88 Å². The molecule has 2 aromatic rings. The second-order valence-electron chi connectivity index (χ2n) is 6.84. The molecule has 154 valence electrons. The van der Waals surface area contributed by atoms with Crippen molar-refractivity contribution in [3.8, 4) is 0 Å². The van der Waals surface area contributed by atoms with Crippen molar-refractivity contribution >= 4 is 35.1 Å². The van der Waals surface area contributed by atoms with Gasteiger partial charge < -0.3 is 19.9 Å². The topological polar surface area (TPSA) is 74.8 Å². The maximum Gasteiger partial charge on any atom is 0.339 e. The number of hydrogen-bond acceptors (Lipinski definition) is 5. The molecule has 1 fully saturated rings. The third-order valence-electron chi connectivity index (χ3n) is 4.81. The molecule has 3 rings (SSSR count). The lowest BCUT2D eigenvalue weighted by Gasteiger charge is -2.23. The Morgan fingerprint density at radius 2 is 2.00 bits per heavy atom. The van der Waals surface area contributed by atoms with E-state index in [4.69, 9.17) is 16.3 Å². The Kier molecular flexibility index (Phi) is 6.93. The number of nitrogens with one attached hydrogen (secondary N) is 1. The van der Waals surface area contributed by atoms with Gasteiger partial charge in [0.15, 0.2) is 0 Å². The Labute approximate surface area is 175 Å². The summed E-state index contributed by atoms with van der Waals surface area (Å²) in [7, 11) is 0. The highest BCUT2D eigenvalue weighted by atomic mass is 35.5. The molecule has 0 saturated carbocycles. The van der Waals surface area contributed by atoms with Gasteiger partial charge >= 0.3 is 12.0 Å². The summed E-state index contributed by atoms with van der Waals surface area (Å²) in [4.78, 5) is 32.8. The minimum absolute atomic E-state index is 0.136. The lowest BCUT2D eigenvalue weighted by Crippen LogP contribution is -2.38. The molecule has 0 bridgehead atoms. The number of aromatic nitrogens is 1. The molecule has 29 heavy (non-hydrogen) atoms. The first kappa shape index (κ1) is 20.9. The predicted octanol–water partition coefficient (Wildman–Crippen LogP) is 3.96. The molecule has 8 heteroatoms. The SMILES string of the molecule is CCOC(=O)c1ccc(N2CCCN(C(=O)Nc3cc(Cl)ccc3C)CC2)nc1. The number of nitrogens with zero attached hydrogens (tertiary/aromatic N) is 3. The largest absolute Gasteiger partial charge is 0.462 e. The maximum atomic E-state index is 12.7. The van der Waals surface area contributed by atoms with Crippen molar-refractivity contribution in [3.05, 3.63) is 52.7 Å². The van der Waals surface area contributed by atoms with Crippen molar-refractivity contribution in [2.75, 3.05) is 43.0 Å². The van der Waals surface area contributed by atoms with E-state index in [1.807, 2.05) is 19.1 Å². The number of hydrogen-bond donors (Lipinski definition) is 1. The highest BCUT2D eigenvalue weighted by molar-refractivity contribution is 6.31. The van der Waals surface area contributed by atoms with Gasteiger partial charge in [-0.3, -0.25) is 0 Å². The third-order valence-corrected chi connectivity index (χ3v) is 5.04. The molecule has 7 nitrogen and oxygen atoms in total. The monoisotopic (exact) mass is 416 g/mol. The molecule has 0 unspecified atom stereocenters. The summed E-state index contributed by atoms with van der Waals surface area (Å²) in [6.45, 7) is 6.71. The molecular weight excluding hydrogens is 392 g/mol. The summed E-state index contributed by atoms with van der Waals surface area (Å²) in [5.41, 5.74) is 2.12. The van der Waals surface area contributed by atoms with Gasteiger partial charge in [-0.2, -0.15) is 0 Å². The number of pyridine rings is 1. The van der Waals surface area contributed by atoms with Crippen molar-refractivity contribution < 1.29 is 14.3 Å². The molecule has 1 aromatic heterocycles. The van der Waals surface area contributed by atoms with E-state index in [0.717, 1.165) is 30.0 Å². The summed E-state index contributed by atoms with van der Waals surface area (Å²) in [6.07, 6.45) is 2.36. The molecule has 1 aromatic carbocycles. The number of aryl methyl sites for hydroxylation is 1. The van der Waals surface area contributed by atoms with Gasteiger partial charge in [0.25, 0.3) is 0 Å². The van der Waals surface area contributed by atoms with Gasteiger partial charge in [0, 0.05) is 43.1 Å². The zero-order valence-corrected chi connectivity index (χ0v) is 17.4. The first-order valence-corrected chi connectivity index (χ1v) is 10.1. The molecule has 2 amide bonds. The summed E-state index contributed by atoms with van der Waals surface area (Å²) in [5.74, 6) is 0.410. The van der Waals surface area contributed by atoms with Crippen molar-refractivity contribution in [2.45, 2.75) is 20.3 Å². The van der Waals surface area contributed by atoms with Crippen LogP contribution in [0.25, 0.3) is 0 Å². The molecular formula is C21H25ClN4O3. The minimum Gasteiger partial charge on any atom is -0.462 e. The summed E-state index contributed by atoms with van der Waals surface area (Å²) in [5, 5.41) is 3.54. The van der Waals surface area contributed by atoms with Gasteiger partial charge in [-0.05, 0) is 50.1 Å². The van der Waals surface area contributed by atoms with Gasteiger partial charge in [-0.15, -0.1) is 0 Å². The first-order chi connectivity index (χ1) is 14.0. The van der Waals surface area contributed by atoms with Crippen LogP contribution in [0.15, 0.2) is 36.5 Å². The normalized spacial score (nSPS) is 14.3. The number of carbonyl (C=O) groups excluding carboxylic acids is 2. The lowest BCUT2D eigenvalue weighted by atomic mass is 10.2. The van der Waals surface area contributed by atoms with E-state index in [-0.39, 0.29) is 12.0 Å². The third kappa shape index (κ3) is 5.38. The maximum absolute atomic E-state index is 12.7. The fraction of sp³-hybridized carbons (Fsp3) is 0.381. The van der Waals surface area contributed by atoms with E-state index < -0.39 is 0 Å². The van der Waals surface area contributed by atoms with Crippen LogP contribution in [-0.4, -0.2) is 54.7 Å². The van der Waals surface area contributed by atoms with Crippen LogP contribution in [0.4, 0.5) is 16.3 Å². The van der Waals surface area contributed by atoms with E-state index in [0.29, 0.717) is 36.8 Å². The average molecular weight is 417 g/mol. The minimum atomic E-state index is -0.374. The number of ether oxygens (including phenoxy) is 1. The van der Waals surface area contributed by atoms with Crippen molar-refractivity contribution in [1.29, 1.82) is 0 Å².